The maximum atomic E-state index is 2.44. The van der Waals surface area contributed by atoms with E-state index < -0.39 is 5.41 Å². The van der Waals surface area contributed by atoms with E-state index in [1.165, 1.54) is 81.5 Å². The van der Waals surface area contributed by atoms with Crippen LogP contribution in [-0.4, -0.2) is 0 Å². The number of thiophene rings is 1. The molecule has 9 aromatic carbocycles. The summed E-state index contributed by atoms with van der Waals surface area (Å²) in [5, 5.41) is 2.54. The molecule has 57 heavy (non-hydrogen) atoms. The highest BCUT2D eigenvalue weighted by Gasteiger charge is 2.47. The van der Waals surface area contributed by atoms with Crippen LogP contribution in [0.3, 0.4) is 0 Å². The molecule has 1 heterocycles. The number of rotatable bonds is 7. The van der Waals surface area contributed by atoms with Gasteiger partial charge in [0.2, 0.25) is 0 Å². The summed E-state index contributed by atoms with van der Waals surface area (Å²) >= 11 is 1.91. The second-order valence-electron chi connectivity index (χ2n) is 14.8. The van der Waals surface area contributed by atoms with Crippen molar-refractivity contribution in [2.24, 2.45) is 0 Å². The van der Waals surface area contributed by atoms with Crippen LogP contribution in [0.5, 0.6) is 0 Å². The number of para-hydroxylation sites is 1. The Morgan fingerprint density at radius 2 is 0.877 bits per heavy atom. The molecule has 0 amide bonds. The minimum atomic E-state index is -0.475. The summed E-state index contributed by atoms with van der Waals surface area (Å²) in [6.07, 6.45) is 0. The van der Waals surface area contributed by atoms with Crippen LogP contribution in [0.2, 0.25) is 0 Å². The van der Waals surface area contributed by atoms with E-state index in [-0.39, 0.29) is 0 Å². The van der Waals surface area contributed by atoms with Gasteiger partial charge in [0.15, 0.2) is 0 Å². The van der Waals surface area contributed by atoms with Gasteiger partial charge in [0.1, 0.15) is 0 Å². The summed E-state index contributed by atoms with van der Waals surface area (Å²) < 4.78 is 2.58. The molecule has 1 nitrogen and oxygen atoms in total. The number of benzene rings is 9. The predicted octanol–water partition coefficient (Wildman–Crippen LogP) is 15.2. The third kappa shape index (κ3) is 5.29. The van der Waals surface area contributed by atoms with Crippen LogP contribution >= 0.6 is 11.3 Å². The number of hydrogen-bond donors (Lipinski definition) is 0. The van der Waals surface area contributed by atoms with Crippen molar-refractivity contribution in [2.75, 3.05) is 4.90 Å². The zero-order chi connectivity index (χ0) is 37.8. The van der Waals surface area contributed by atoms with E-state index >= 15 is 0 Å². The van der Waals surface area contributed by atoms with E-state index in [9.17, 15) is 0 Å². The quantitative estimate of drug-likeness (QED) is 0.157. The molecule has 1 aliphatic rings. The van der Waals surface area contributed by atoms with E-state index in [0.29, 0.717) is 0 Å². The molecule has 1 aromatic heterocycles. The van der Waals surface area contributed by atoms with Gasteiger partial charge >= 0.3 is 0 Å². The Kier molecular flexibility index (Phi) is 7.98. The summed E-state index contributed by atoms with van der Waals surface area (Å²) in [6, 6.07) is 82.3. The van der Waals surface area contributed by atoms with E-state index in [4.69, 9.17) is 0 Å². The van der Waals surface area contributed by atoms with Crippen molar-refractivity contribution >= 4 is 48.6 Å². The Hall–Kier alpha value is -7.00. The van der Waals surface area contributed by atoms with Crippen LogP contribution in [0.4, 0.5) is 17.1 Å². The third-order valence-electron chi connectivity index (χ3n) is 11.7. The summed E-state index contributed by atoms with van der Waals surface area (Å²) in [5.74, 6) is 0. The fourth-order valence-corrected chi connectivity index (χ4v) is 10.6. The highest BCUT2D eigenvalue weighted by atomic mass is 32.1. The molecule has 0 atom stereocenters. The van der Waals surface area contributed by atoms with Gasteiger partial charge in [-0.15, -0.1) is 11.3 Å². The molecule has 0 fully saturated rings. The molecule has 0 unspecified atom stereocenters. The molecule has 268 valence electrons. The molecular weight excluding hydrogens is 707 g/mol. The van der Waals surface area contributed by atoms with Crippen molar-refractivity contribution < 1.29 is 0 Å². The molecular formula is C55H37NS. The Bertz CT molecular complexity index is 3030. The van der Waals surface area contributed by atoms with Gasteiger partial charge in [-0.25, -0.2) is 0 Å². The molecule has 0 bridgehead atoms. The number of hydrogen-bond acceptors (Lipinski definition) is 2. The molecule has 0 radical (unpaired) electrons. The molecule has 0 saturated heterocycles. The van der Waals surface area contributed by atoms with Crippen molar-refractivity contribution in [1.82, 2.24) is 0 Å². The zero-order valence-corrected chi connectivity index (χ0v) is 32.0. The largest absolute Gasteiger partial charge is 0.310 e. The lowest BCUT2D eigenvalue weighted by Crippen LogP contribution is -2.28. The summed E-state index contributed by atoms with van der Waals surface area (Å²) in [7, 11) is 0. The topological polar surface area (TPSA) is 3.24 Å². The van der Waals surface area contributed by atoms with Gasteiger partial charge in [0.25, 0.3) is 0 Å². The minimum Gasteiger partial charge on any atom is -0.310 e. The van der Waals surface area contributed by atoms with Crippen LogP contribution in [-0.2, 0) is 5.41 Å². The first-order valence-corrected chi connectivity index (χ1v) is 20.4. The first kappa shape index (κ1) is 33.3. The van der Waals surface area contributed by atoms with Crippen LogP contribution in [0.15, 0.2) is 224 Å². The summed E-state index contributed by atoms with van der Waals surface area (Å²) in [6.45, 7) is 0. The Morgan fingerprint density at radius 3 is 1.60 bits per heavy atom. The maximum absolute atomic E-state index is 2.44. The van der Waals surface area contributed by atoms with Gasteiger partial charge < -0.3 is 4.90 Å². The van der Waals surface area contributed by atoms with E-state index in [1.807, 2.05) is 11.3 Å². The summed E-state index contributed by atoms with van der Waals surface area (Å²) in [4.78, 5) is 2.44. The standard InChI is InChI=1S/C55H37NS/c1-4-18-38(19-5-1)39-20-14-21-40(36-39)41-22-15-27-44(37-41)56(43-25-8-3-9-26-43)51-34-17-35-52-53(51)47-30-16-33-50(54(47)57-52)55(42-23-6-2-7-24-42)48-31-12-10-28-45(48)46-29-11-13-32-49(46)55/h1-37H. The van der Waals surface area contributed by atoms with E-state index in [2.05, 4.69) is 229 Å². The van der Waals surface area contributed by atoms with Crippen LogP contribution < -0.4 is 4.90 Å². The highest BCUT2D eigenvalue weighted by molar-refractivity contribution is 7.26. The van der Waals surface area contributed by atoms with Crippen LogP contribution in [0, 0.1) is 0 Å². The molecule has 10 aromatic rings. The van der Waals surface area contributed by atoms with Gasteiger partial charge in [-0.3, -0.25) is 0 Å². The van der Waals surface area contributed by atoms with E-state index in [0.717, 1.165) is 11.4 Å². The fraction of sp³-hybridized carbons (Fsp3) is 0.0182. The molecule has 0 spiro atoms. The SMILES string of the molecule is c1ccc(-c2cccc(-c3cccc(N(c4ccccc4)c4cccc5sc6c(C7(c8ccccc8)c8ccccc8-c8ccccc87)cccc6c45)c3)c2)cc1. The second kappa shape index (κ2) is 13.6. The summed E-state index contributed by atoms with van der Waals surface area (Å²) in [5.41, 5.74) is 15.6. The van der Waals surface area contributed by atoms with Crippen molar-refractivity contribution in [3.63, 3.8) is 0 Å². The zero-order valence-electron chi connectivity index (χ0n) is 31.2. The molecule has 11 rings (SSSR count). The normalized spacial score (nSPS) is 12.7. The predicted molar refractivity (Wildman–Crippen MR) is 242 cm³/mol. The van der Waals surface area contributed by atoms with Gasteiger partial charge in [0, 0.05) is 31.5 Å². The lowest BCUT2D eigenvalue weighted by molar-refractivity contribution is 0.778. The third-order valence-corrected chi connectivity index (χ3v) is 12.9. The van der Waals surface area contributed by atoms with Crippen molar-refractivity contribution in [3.8, 4) is 33.4 Å². The second-order valence-corrected chi connectivity index (χ2v) is 15.9. The van der Waals surface area contributed by atoms with Crippen LogP contribution in [0.25, 0.3) is 53.6 Å². The average molecular weight is 744 g/mol. The molecule has 0 aliphatic heterocycles. The smallest absolute Gasteiger partial charge is 0.0727 e. The van der Waals surface area contributed by atoms with Crippen molar-refractivity contribution in [1.29, 1.82) is 0 Å². The Balaban J connectivity index is 1.14. The first-order chi connectivity index (χ1) is 28.3. The number of anilines is 3. The van der Waals surface area contributed by atoms with Gasteiger partial charge in [0.05, 0.1) is 11.1 Å². The molecule has 0 N–H and O–H groups in total. The Morgan fingerprint density at radius 1 is 0.368 bits per heavy atom. The monoisotopic (exact) mass is 743 g/mol. The van der Waals surface area contributed by atoms with Gasteiger partial charge in [-0.05, 0) is 98.1 Å². The van der Waals surface area contributed by atoms with Crippen LogP contribution in [0.1, 0.15) is 22.3 Å². The molecule has 0 saturated carbocycles. The minimum absolute atomic E-state index is 0.475. The highest BCUT2D eigenvalue weighted by Crippen LogP contribution is 2.58. The Labute approximate surface area is 337 Å². The fourth-order valence-electron chi connectivity index (χ4n) is 9.33. The average Bonchev–Trinajstić information content (AvgIpc) is 3.82. The maximum Gasteiger partial charge on any atom is 0.0727 e. The first-order valence-electron chi connectivity index (χ1n) is 19.6. The van der Waals surface area contributed by atoms with Crippen molar-refractivity contribution in [3.05, 3.63) is 247 Å². The lowest BCUT2D eigenvalue weighted by Gasteiger charge is -2.34. The molecule has 1 aliphatic carbocycles. The van der Waals surface area contributed by atoms with Crippen molar-refractivity contribution in [2.45, 2.75) is 5.41 Å². The van der Waals surface area contributed by atoms with E-state index in [1.54, 1.807) is 0 Å². The lowest BCUT2D eigenvalue weighted by atomic mass is 9.67. The molecule has 2 heteroatoms. The van der Waals surface area contributed by atoms with Gasteiger partial charge in [-0.2, -0.15) is 0 Å². The number of fused-ring (bicyclic) bond motifs is 6. The number of nitrogens with zero attached hydrogens (tertiary/aromatic N) is 1. The van der Waals surface area contributed by atoms with Gasteiger partial charge in [-0.1, -0.05) is 182 Å².